The molecule has 0 fully saturated rings. The Hall–Kier alpha value is -1.13. The largest absolute Gasteiger partial charge is 0.495 e. The van der Waals surface area contributed by atoms with E-state index in [1.165, 1.54) is 0 Å². The second kappa shape index (κ2) is 6.87. The number of thiocarbonyl (C=S) groups is 1. The Balaban J connectivity index is 2.53. The minimum atomic E-state index is -0.628. The van der Waals surface area contributed by atoms with E-state index in [9.17, 15) is 5.11 Å². The van der Waals surface area contributed by atoms with Crippen molar-refractivity contribution in [3.05, 3.63) is 23.8 Å². The fraction of sp³-hybridized carbons (Fsp3) is 0.533. The highest BCUT2D eigenvalue weighted by Crippen LogP contribution is 2.25. The topological polar surface area (TPSA) is 41.5 Å². The summed E-state index contributed by atoms with van der Waals surface area (Å²) in [6.45, 7) is 5.65. The molecule has 0 saturated carbocycles. The number of methoxy groups -OCH3 is 1. The lowest BCUT2D eigenvalue weighted by atomic mass is 10.0. The molecule has 1 aromatic carbocycles. The van der Waals surface area contributed by atoms with E-state index in [4.69, 9.17) is 17.0 Å². The zero-order valence-electron chi connectivity index (χ0n) is 12.1. The second-order valence-electron chi connectivity index (χ2n) is 5.42. The summed E-state index contributed by atoms with van der Waals surface area (Å²) in [7, 11) is 1.65. The summed E-state index contributed by atoms with van der Waals surface area (Å²) in [5.41, 5.74) is 1.41. The van der Waals surface area contributed by atoms with Crippen LogP contribution in [0.4, 0.5) is 5.69 Å². The van der Waals surface area contributed by atoms with Crippen molar-refractivity contribution in [3.63, 3.8) is 0 Å². The molecular formula is C15H23NO2S. The molecule has 3 nitrogen and oxygen atoms in total. The molecule has 0 aliphatic heterocycles. The van der Waals surface area contributed by atoms with E-state index in [0.29, 0.717) is 0 Å². The van der Waals surface area contributed by atoms with E-state index in [0.717, 1.165) is 41.3 Å². The molecule has 106 valence electrons. The first-order chi connectivity index (χ1) is 8.81. The van der Waals surface area contributed by atoms with E-state index in [2.05, 4.69) is 5.32 Å². The third-order valence-electron chi connectivity index (χ3n) is 2.82. The molecular weight excluding hydrogens is 258 g/mol. The Morgan fingerprint density at radius 2 is 2.11 bits per heavy atom. The fourth-order valence-corrected chi connectivity index (χ4v) is 2.05. The van der Waals surface area contributed by atoms with Crippen LogP contribution in [0.1, 0.15) is 38.7 Å². The van der Waals surface area contributed by atoms with Crippen molar-refractivity contribution < 1.29 is 9.84 Å². The Morgan fingerprint density at radius 3 is 2.68 bits per heavy atom. The summed E-state index contributed by atoms with van der Waals surface area (Å²) in [5.74, 6) is 0.796. The SMILES string of the molecule is COc1cc(C)ccc1NC(=S)CCCC(C)(C)O. The molecule has 2 N–H and O–H groups in total. The molecule has 0 amide bonds. The first-order valence-electron chi connectivity index (χ1n) is 6.49. The molecule has 0 unspecified atom stereocenters. The predicted octanol–water partition coefficient (Wildman–Crippen LogP) is 3.68. The number of aliphatic hydroxyl groups is 1. The Kier molecular flexibility index (Phi) is 5.76. The van der Waals surface area contributed by atoms with E-state index < -0.39 is 5.60 Å². The lowest BCUT2D eigenvalue weighted by Crippen LogP contribution is -2.19. The number of benzene rings is 1. The molecule has 1 aromatic rings. The molecule has 0 bridgehead atoms. The maximum atomic E-state index is 9.65. The van der Waals surface area contributed by atoms with Crippen molar-refractivity contribution in [3.8, 4) is 5.75 Å². The average molecular weight is 281 g/mol. The van der Waals surface area contributed by atoms with Crippen molar-refractivity contribution in [2.45, 2.75) is 45.6 Å². The van der Waals surface area contributed by atoms with Crippen molar-refractivity contribution in [2.75, 3.05) is 12.4 Å². The van der Waals surface area contributed by atoms with Crippen LogP contribution in [0.3, 0.4) is 0 Å². The monoisotopic (exact) mass is 281 g/mol. The van der Waals surface area contributed by atoms with Gasteiger partial charge in [0.1, 0.15) is 5.75 Å². The van der Waals surface area contributed by atoms with Crippen LogP contribution in [0.15, 0.2) is 18.2 Å². The van der Waals surface area contributed by atoms with E-state index in [1.807, 2.05) is 39.0 Å². The first kappa shape index (κ1) is 15.9. The molecule has 0 heterocycles. The highest BCUT2D eigenvalue weighted by Gasteiger charge is 2.12. The molecule has 0 aliphatic carbocycles. The predicted molar refractivity (Wildman–Crippen MR) is 84.1 cm³/mol. The van der Waals surface area contributed by atoms with Crippen LogP contribution >= 0.6 is 12.2 Å². The van der Waals surface area contributed by atoms with E-state index in [1.54, 1.807) is 7.11 Å². The van der Waals surface area contributed by atoms with Crippen LogP contribution in [-0.4, -0.2) is 22.8 Å². The molecule has 0 aromatic heterocycles. The molecule has 0 radical (unpaired) electrons. The van der Waals surface area contributed by atoms with Crippen LogP contribution < -0.4 is 10.1 Å². The lowest BCUT2D eigenvalue weighted by Gasteiger charge is -2.17. The van der Waals surface area contributed by atoms with Gasteiger partial charge in [-0.25, -0.2) is 0 Å². The molecule has 0 spiro atoms. The number of anilines is 1. The van der Waals surface area contributed by atoms with Crippen molar-refractivity contribution in [2.24, 2.45) is 0 Å². The standard InChI is InChI=1S/C15H23NO2S/c1-11-7-8-12(13(10-11)18-4)16-14(19)6-5-9-15(2,3)17/h7-8,10,17H,5-6,9H2,1-4H3,(H,16,19). The Morgan fingerprint density at radius 1 is 1.42 bits per heavy atom. The highest BCUT2D eigenvalue weighted by atomic mass is 32.1. The summed E-state index contributed by atoms with van der Waals surface area (Å²) >= 11 is 5.32. The highest BCUT2D eigenvalue weighted by molar-refractivity contribution is 7.80. The van der Waals surface area contributed by atoms with Crippen molar-refractivity contribution in [1.82, 2.24) is 0 Å². The molecule has 0 saturated heterocycles. The van der Waals surface area contributed by atoms with Gasteiger partial charge in [-0.1, -0.05) is 18.3 Å². The van der Waals surface area contributed by atoms with Gasteiger partial charge in [0.25, 0.3) is 0 Å². The Bertz CT molecular complexity index is 438. The van der Waals surface area contributed by atoms with Crippen molar-refractivity contribution >= 4 is 22.9 Å². The quantitative estimate of drug-likeness (QED) is 0.780. The maximum absolute atomic E-state index is 9.65. The summed E-state index contributed by atoms with van der Waals surface area (Å²) < 4.78 is 5.32. The maximum Gasteiger partial charge on any atom is 0.142 e. The van der Waals surface area contributed by atoms with Gasteiger partial charge < -0.3 is 15.2 Å². The smallest absolute Gasteiger partial charge is 0.142 e. The average Bonchev–Trinajstić information content (AvgIpc) is 2.29. The van der Waals surface area contributed by atoms with Crippen LogP contribution in [0, 0.1) is 6.92 Å². The van der Waals surface area contributed by atoms with Crippen molar-refractivity contribution in [1.29, 1.82) is 0 Å². The van der Waals surface area contributed by atoms with Crippen LogP contribution in [0.2, 0.25) is 0 Å². The normalized spacial score (nSPS) is 11.2. The van der Waals surface area contributed by atoms with Crippen LogP contribution in [-0.2, 0) is 0 Å². The van der Waals surface area contributed by atoms with E-state index in [-0.39, 0.29) is 0 Å². The number of hydrogen-bond donors (Lipinski definition) is 2. The van der Waals surface area contributed by atoms with Gasteiger partial charge in [0, 0.05) is 0 Å². The summed E-state index contributed by atoms with van der Waals surface area (Å²) in [4.78, 5) is 0.770. The molecule has 19 heavy (non-hydrogen) atoms. The van der Waals surface area contributed by atoms with Crippen LogP contribution in [0.25, 0.3) is 0 Å². The van der Waals surface area contributed by atoms with Gasteiger partial charge in [-0.05, 0) is 57.7 Å². The molecule has 4 heteroatoms. The summed E-state index contributed by atoms with van der Waals surface area (Å²) in [6.07, 6.45) is 2.36. The fourth-order valence-electron chi connectivity index (χ4n) is 1.80. The minimum absolute atomic E-state index is 0.628. The number of hydrogen-bond acceptors (Lipinski definition) is 3. The van der Waals surface area contributed by atoms with Gasteiger partial charge in [-0.2, -0.15) is 0 Å². The Labute approximate surface area is 121 Å². The zero-order valence-corrected chi connectivity index (χ0v) is 12.9. The van der Waals surface area contributed by atoms with Crippen LogP contribution in [0.5, 0.6) is 5.75 Å². The number of aryl methyl sites for hydroxylation is 1. The number of nitrogens with one attached hydrogen (secondary N) is 1. The number of ether oxygens (including phenoxy) is 1. The second-order valence-corrected chi connectivity index (χ2v) is 5.91. The summed E-state index contributed by atoms with van der Waals surface area (Å²) in [5, 5.41) is 12.8. The van der Waals surface area contributed by atoms with Gasteiger partial charge in [0.2, 0.25) is 0 Å². The molecule has 1 rings (SSSR count). The lowest BCUT2D eigenvalue weighted by molar-refractivity contribution is 0.0695. The van der Waals surface area contributed by atoms with Gasteiger partial charge in [0.05, 0.1) is 23.4 Å². The summed E-state index contributed by atoms with van der Waals surface area (Å²) in [6, 6.07) is 5.96. The minimum Gasteiger partial charge on any atom is -0.495 e. The number of rotatable bonds is 6. The van der Waals surface area contributed by atoms with Gasteiger partial charge in [-0.3, -0.25) is 0 Å². The third kappa shape index (κ3) is 6.03. The molecule has 0 atom stereocenters. The third-order valence-corrected chi connectivity index (χ3v) is 3.13. The van der Waals surface area contributed by atoms with E-state index >= 15 is 0 Å². The zero-order chi connectivity index (χ0) is 14.5. The van der Waals surface area contributed by atoms with Gasteiger partial charge in [0.15, 0.2) is 0 Å². The van der Waals surface area contributed by atoms with Gasteiger partial charge >= 0.3 is 0 Å². The molecule has 0 aliphatic rings. The van der Waals surface area contributed by atoms with Gasteiger partial charge in [-0.15, -0.1) is 0 Å². The first-order valence-corrected chi connectivity index (χ1v) is 6.89.